The van der Waals surface area contributed by atoms with Crippen LogP contribution in [-0.4, -0.2) is 19.5 Å². The van der Waals surface area contributed by atoms with Crippen molar-refractivity contribution in [2.45, 2.75) is 11.1 Å². The van der Waals surface area contributed by atoms with Crippen molar-refractivity contribution in [1.82, 2.24) is 0 Å². The molecule has 0 bridgehead atoms. The molecule has 6 nitrogen and oxygen atoms in total. The SMILES string of the molecule is O=C(O)c1ccc(S(=O)(=O)N(Oc2ccc(C(F)(F)F)cc2)c2ccccc2)cc1. The number of rotatable bonds is 6. The molecule has 10 heteroatoms. The maximum atomic E-state index is 13.1. The summed E-state index contributed by atoms with van der Waals surface area (Å²) in [5.74, 6) is -1.36. The van der Waals surface area contributed by atoms with E-state index in [1.165, 1.54) is 12.1 Å². The summed E-state index contributed by atoms with van der Waals surface area (Å²) >= 11 is 0. The standard InChI is InChI=1S/C20H14F3NO5S/c21-20(22,23)15-8-10-17(11-9-15)29-24(16-4-2-1-3-5-16)30(27,28)18-12-6-14(7-13-18)19(25)26/h1-13H,(H,25,26). The Morgan fingerprint density at radius 3 is 1.93 bits per heavy atom. The van der Waals surface area contributed by atoms with Crippen LogP contribution in [-0.2, 0) is 16.2 Å². The monoisotopic (exact) mass is 437 g/mol. The summed E-state index contributed by atoms with van der Waals surface area (Å²) in [6.07, 6.45) is -4.55. The van der Waals surface area contributed by atoms with Gasteiger partial charge in [0.1, 0.15) is 0 Å². The van der Waals surface area contributed by atoms with Gasteiger partial charge in [-0.05, 0) is 60.7 Å². The summed E-state index contributed by atoms with van der Waals surface area (Å²) in [7, 11) is -4.34. The number of para-hydroxylation sites is 1. The van der Waals surface area contributed by atoms with E-state index in [9.17, 15) is 26.4 Å². The highest BCUT2D eigenvalue weighted by atomic mass is 32.2. The van der Waals surface area contributed by atoms with Gasteiger partial charge in [-0.1, -0.05) is 22.7 Å². The van der Waals surface area contributed by atoms with Crippen LogP contribution in [0.25, 0.3) is 0 Å². The van der Waals surface area contributed by atoms with Crippen molar-refractivity contribution in [1.29, 1.82) is 0 Å². The van der Waals surface area contributed by atoms with E-state index in [-0.39, 0.29) is 21.9 Å². The summed E-state index contributed by atoms with van der Waals surface area (Å²) in [5.41, 5.74) is -0.920. The molecule has 0 unspecified atom stereocenters. The van der Waals surface area contributed by atoms with Gasteiger partial charge in [0.15, 0.2) is 5.75 Å². The Hall–Kier alpha value is -3.53. The Labute approximate surface area is 169 Å². The van der Waals surface area contributed by atoms with Gasteiger partial charge in [-0.2, -0.15) is 21.6 Å². The first-order valence-electron chi connectivity index (χ1n) is 8.38. The number of halogens is 3. The van der Waals surface area contributed by atoms with E-state index in [0.29, 0.717) is 4.47 Å². The molecule has 3 rings (SSSR count). The minimum Gasteiger partial charge on any atom is -0.478 e. The van der Waals surface area contributed by atoms with E-state index >= 15 is 0 Å². The molecule has 0 aliphatic rings. The fraction of sp³-hybridized carbons (Fsp3) is 0.0500. The average Bonchev–Trinajstić information content (AvgIpc) is 2.72. The summed E-state index contributed by atoms with van der Waals surface area (Å²) in [5, 5.41) is 8.98. The van der Waals surface area contributed by atoms with Crippen LogP contribution in [0.2, 0.25) is 0 Å². The largest absolute Gasteiger partial charge is 0.478 e. The summed E-state index contributed by atoms with van der Waals surface area (Å²) in [6.45, 7) is 0. The molecule has 30 heavy (non-hydrogen) atoms. The lowest BCUT2D eigenvalue weighted by molar-refractivity contribution is -0.137. The van der Waals surface area contributed by atoms with Crippen molar-refractivity contribution in [2.24, 2.45) is 0 Å². The molecule has 156 valence electrons. The van der Waals surface area contributed by atoms with Crippen molar-refractivity contribution in [3.8, 4) is 5.75 Å². The highest BCUT2D eigenvalue weighted by Crippen LogP contribution is 2.31. The first-order valence-corrected chi connectivity index (χ1v) is 9.82. The number of hydrogen-bond acceptors (Lipinski definition) is 4. The lowest BCUT2D eigenvalue weighted by Crippen LogP contribution is -2.34. The van der Waals surface area contributed by atoms with Gasteiger partial charge < -0.3 is 9.94 Å². The van der Waals surface area contributed by atoms with E-state index in [1.54, 1.807) is 18.2 Å². The number of anilines is 1. The van der Waals surface area contributed by atoms with Crippen LogP contribution in [0.3, 0.4) is 0 Å². The van der Waals surface area contributed by atoms with Crippen molar-refractivity contribution in [3.63, 3.8) is 0 Å². The van der Waals surface area contributed by atoms with Gasteiger partial charge in [0.05, 0.1) is 21.7 Å². The number of sulfonamides is 1. The number of alkyl halides is 3. The first-order chi connectivity index (χ1) is 14.1. The molecule has 0 heterocycles. The highest BCUT2D eigenvalue weighted by Gasteiger charge is 2.31. The third kappa shape index (κ3) is 4.54. The molecular weight excluding hydrogens is 423 g/mol. The molecule has 0 amide bonds. The molecule has 0 saturated carbocycles. The molecule has 0 saturated heterocycles. The Kier molecular flexibility index (Phi) is 5.70. The van der Waals surface area contributed by atoms with E-state index in [2.05, 4.69) is 0 Å². The molecule has 0 aliphatic carbocycles. The van der Waals surface area contributed by atoms with Gasteiger partial charge in [-0.25, -0.2) is 4.79 Å². The minimum absolute atomic E-state index is 0.0970. The summed E-state index contributed by atoms with van der Waals surface area (Å²) in [4.78, 5) is 16.2. The van der Waals surface area contributed by atoms with Gasteiger partial charge in [0.2, 0.25) is 0 Å². The van der Waals surface area contributed by atoms with Gasteiger partial charge in [0.25, 0.3) is 10.0 Å². The van der Waals surface area contributed by atoms with Crippen molar-refractivity contribution in [2.75, 3.05) is 4.47 Å². The van der Waals surface area contributed by atoms with E-state index in [0.717, 1.165) is 48.5 Å². The lowest BCUT2D eigenvalue weighted by atomic mass is 10.2. The first kappa shape index (κ1) is 21.2. The summed E-state index contributed by atoms with van der Waals surface area (Å²) < 4.78 is 65.1. The quantitative estimate of drug-likeness (QED) is 0.570. The Balaban J connectivity index is 2.00. The number of carboxylic acid groups (broad SMARTS) is 1. The van der Waals surface area contributed by atoms with E-state index in [4.69, 9.17) is 9.94 Å². The predicted octanol–water partition coefficient (Wildman–Crippen LogP) is 4.59. The second-order valence-electron chi connectivity index (χ2n) is 6.01. The van der Waals surface area contributed by atoms with Crippen LogP contribution >= 0.6 is 0 Å². The fourth-order valence-electron chi connectivity index (χ4n) is 2.46. The second-order valence-corrected chi connectivity index (χ2v) is 7.76. The number of aromatic carboxylic acids is 1. The topological polar surface area (TPSA) is 83.9 Å². The molecular formula is C20H14F3NO5S. The van der Waals surface area contributed by atoms with Crippen LogP contribution in [0, 0.1) is 0 Å². The number of nitrogens with zero attached hydrogens (tertiary/aromatic N) is 1. The number of carbonyl (C=O) groups is 1. The van der Waals surface area contributed by atoms with Crippen molar-refractivity contribution < 1.29 is 36.3 Å². The lowest BCUT2D eigenvalue weighted by Gasteiger charge is -2.24. The van der Waals surface area contributed by atoms with Crippen LogP contribution in [0.15, 0.2) is 83.8 Å². The van der Waals surface area contributed by atoms with Crippen molar-refractivity contribution in [3.05, 3.63) is 90.0 Å². The predicted molar refractivity (Wildman–Crippen MR) is 102 cm³/mol. The zero-order valence-electron chi connectivity index (χ0n) is 15.1. The fourth-order valence-corrected chi connectivity index (χ4v) is 3.71. The van der Waals surface area contributed by atoms with Crippen LogP contribution in [0.5, 0.6) is 5.75 Å². The molecule has 0 aliphatic heterocycles. The third-order valence-corrected chi connectivity index (χ3v) is 5.54. The molecule has 0 fully saturated rings. The summed E-state index contributed by atoms with van der Waals surface area (Å²) in [6, 6.07) is 15.6. The molecule has 0 atom stereocenters. The zero-order chi connectivity index (χ0) is 21.9. The minimum atomic E-state index is -4.55. The molecule has 0 aromatic heterocycles. The molecule has 3 aromatic carbocycles. The van der Waals surface area contributed by atoms with Crippen molar-refractivity contribution >= 4 is 21.7 Å². The van der Waals surface area contributed by atoms with E-state index < -0.39 is 27.7 Å². The highest BCUT2D eigenvalue weighted by molar-refractivity contribution is 7.92. The van der Waals surface area contributed by atoms with Crippen LogP contribution in [0.4, 0.5) is 18.9 Å². The van der Waals surface area contributed by atoms with Crippen LogP contribution in [0.1, 0.15) is 15.9 Å². The van der Waals surface area contributed by atoms with E-state index in [1.807, 2.05) is 0 Å². The average molecular weight is 437 g/mol. The zero-order valence-corrected chi connectivity index (χ0v) is 15.9. The molecule has 0 spiro atoms. The number of hydrogen-bond donors (Lipinski definition) is 1. The molecule has 0 radical (unpaired) electrons. The number of carboxylic acids is 1. The van der Waals surface area contributed by atoms with Gasteiger partial charge in [-0.3, -0.25) is 0 Å². The molecule has 1 N–H and O–H groups in total. The molecule has 3 aromatic rings. The Bertz CT molecular complexity index is 1130. The van der Waals surface area contributed by atoms with Crippen LogP contribution < -0.4 is 9.31 Å². The maximum Gasteiger partial charge on any atom is 0.416 e. The number of benzene rings is 3. The van der Waals surface area contributed by atoms with Gasteiger partial charge >= 0.3 is 12.1 Å². The normalized spacial score (nSPS) is 11.7. The van der Waals surface area contributed by atoms with Gasteiger partial charge in [0, 0.05) is 0 Å². The smallest absolute Gasteiger partial charge is 0.416 e. The third-order valence-electron chi connectivity index (χ3n) is 3.95. The van der Waals surface area contributed by atoms with Gasteiger partial charge in [-0.15, -0.1) is 0 Å². The maximum absolute atomic E-state index is 13.1. The Morgan fingerprint density at radius 2 is 1.43 bits per heavy atom. The Morgan fingerprint density at radius 1 is 0.867 bits per heavy atom. The second kappa shape index (κ2) is 8.07.